The molecular formula is C47H49N11O9S3. The zero-order valence-corrected chi connectivity index (χ0v) is 39.9. The first kappa shape index (κ1) is 49.4. The highest BCUT2D eigenvalue weighted by Gasteiger charge is 2.26. The molecule has 23 heteroatoms. The lowest BCUT2D eigenvalue weighted by Gasteiger charge is -2.26. The quantitative estimate of drug-likeness (QED) is 0.0867. The number of benzene rings is 2. The van der Waals surface area contributed by atoms with Crippen LogP contribution in [0.4, 0.5) is 0 Å². The summed E-state index contributed by atoms with van der Waals surface area (Å²) < 4.78 is 60.7. The number of sulfonamides is 2. The average Bonchev–Trinajstić information content (AvgIpc) is 4.16. The summed E-state index contributed by atoms with van der Waals surface area (Å²) in [6.45, 7) is 2.85. The van der Waals surface area contributed by atoms with Crippen molar-refractivity contribution in [2.75, 3.05) is 26.2 Å². The second kappa shape index (κ2) is 22.2. The van der Waals surface area contributed by atoms with Gasteiger partial charge in [-0.05, 0) is 96.8 Å². The first-order valence-corrected chi connectivity index (χ1v) is 25.9. The molecule has 8 N–H and O–H groups in total. The molecule has 0 spiro atoms. The Bertz CT molecular complexity index is 3260. The third-order valence-electron chi connectivity index (χ3n) is 11.5. The van der Waals surface area contributed by atoms with Gasteiger partial charge in [0.05, 0.1) is 37.3 Å². The van der Waals surface area contributed by atoms with Crippen LogP contribution in [0, 0.1) is 0 Å². The maximum absolute atomic E-state index is 12.6. The number of aromatic nitrogens is 5. The largest absolute Gasteiger partial charge is 0.475 e. The number of carboxylic acids is 1. The number of nitrogens with two attached hydrogens (primary N) is 1. The predicted molar refractivity (Wildman–Crippen MR) is 262 cm³/mol. The molecule has 6 aromatic heterocycles. The molecule has 20 nitrogen and oxygen atoms in total. The van der Waals surface area contributed by atoms with E-state index in [1.54, 1.807) is 85.5 Å². The van der Waals surface area contributed by atoms with Gasteiger partial charge in [0, 0.05) is 86.9 Å². The van der Waals surface area contributed by atoms with Crippen LogP contribution in [0.1, 0.15) is 67.4 Å². The SMILES string of the molecule is NC1CCC(NS(=O)(=O)c2ccc(CNC(=O)c3cc4ccncc4s3)cc2)CC1.O=C(NCc1ccc(S(=O)(=O)N2CCNCC2)cc1)c1cnc2[nH]ncc2c1.O=C(O)c1cc2ccncc2o1. The maximum atomic E-state index is 12.6. The fourth-order valence-corrected chi connectivity index (χ4v) is 11.3. The lowest BCUT2D eigenvalue weighted by Crippen LogP contribution is -2.46. The highest BCUT2D eigenvalue weighted by molar-refractivity contribution is 7.89. The average molecular weight is 1010 g/mol. The van der Waals surface area contributed by atoms with Crippen molar-refractivity contribution >= 4 is 81.3 Å². The molecule has 2 aromatic carbocycles. The van der Waals surface area contributed by atoms with E-state index in [-0.39, 0.29) is 46.0 Å². The molecule has 1 saturated carbocycles. The van der Waals surface area contributed by atoms with Gasteiger partial charge in [-0.1, -0.05) is 24.3 Å². The number of nitrogens with one attached hydrogen (secondary N) is 5. The molecule has 10 rings (SSSR count). The van der Waals surface area contributed by atoms with Crippen molar-refractivity contribution in [3.8, 4) is 0 Å². The first-order chi connectivity index (χ1) is 33.7. The zero-order valence-electron chi connectivity index (χ0n) is 37.4. The summed E-state index contributed by atoms with van der Waals surface area (Å²) in [7, 11) is -7.05. The van der Waals surface area contributed by atoms with Gasteiger partial charge in [-0.2, -0.15) is 9.40 Å². The highest BCUT2D eigenvalue weighted by Crippen LogP contribution is 2.25. The van der Waals surface area contributed by atoms with Crippen LogP contribution in [-0.2, 0) is 33.1 Å². The highest BCUT2D eigenvalue weighted by atomic mass is 32.2. The molecule has 2 amide bonds. The van der Waals surface area contributed by atoms with Crippen LogP contribution in [0.2, 0.25) is 0 Å². The summed E-state index contributed by atoms with van der Waals surface area (Å²) >= 11 is 1.39. The third kappa shape index (κ3) is 12.4. The number of hydrogen-bond acceptors (Lipinski definition) is 15. The number of hydrogen-bond donors (Lipinski definition) is 7. The summed E-state index contributed by atoms with van der Waals surface area (Å²) in [5.74, 6) is -1.54. The molecule has 2 aliphatic rings. The summed E-state index contributed by atoms with van der Waals surface area (Å²) in [5.41, 5.74) is 9.08. The van der Waals surface area contributed by atoms with Gasteiger partial charge in [0.15, 0.2) is 11.2 Å². The van der Waals surface area contributed by atoms with Gasteiger partial charge >= 0.3 is 5.97 Å². The molecule has 70 heavy (non-hydrogen) atoms. The number of aromatic carboxylic acids is 1. The molecule has 0 atom stereocenters. The van der Waals surface area contributed by atoms with E-state index in [1.165, 1.54) is 34.1 Å². The van der Waals surface area contributed by atoms with E-state index in [4.69, 9.17) is 15.3 Å². The van der Waals surface area contributed by atoms with Gasteiger partial charge in [0.1, 0.15) is 0 Å². The Morgan fingerprint density at radius 3 is 2.06 bits per heavy atom. The number of pyridine rings is 3. The van der Waals surface area contributed by atoms with Gasteiger partial charge in [0.2, 0.25) is 25.8 Å². The Balaban J connectivity index is 0.000000153. The second-order valence-electron chi connectivity index (χ2n) is 16.4. The van der Waals surface area contributed by atoms with Crippen molar-refractivity contribution in [1.29, 1.82) is 0 Å². The van der Waals surface area contributed by atoms with Crippen molar-refractivity contribution in [1.82, 2.24) is 50.1 Å². The van der Waals surface area contributed by atoms with Crippen molar-refractivity contribution in [3.05, 3.63) is 143 Å². The van der Waals surface area contributed by atoms with Crippen molar-refractivity contribution < 1.29 is 40.7 Å². The van der Waals surface area contributed by atoms with E-state index in [1.807, 2.05) is 12.1 Å². The third-order valence-corrected chi connectivity index (χ3v) is 16.0. The molecule has 1 saturated heterocycles. The number of aromatic amines is 1. The van der Waals surface area contributed by atoms with Gasteiger partial charge in [-0.15, -0.1) is 11.3 Å². The second-order valence-corrected chi connectivity index (χ2v) is 21.2. The van der Waals surface area contributed by atoms with Crippen LogP contribution in [0.5, 0.6) is 0 Å². The van der Waals surface area contributed by atoms with Gasteiger partial charge in [-0.3, -0.25) is 24.7 Å². The standard InChI is InChI=1S/C21H24N4O3S2.C18H20N6O3S.C8H5NO3/c22-16-3-5-17(6-4-16)25-30(27,28)18-7-1-14(2-8-18)12-24-21(26)19-11-15-9-10-23-13-20(15)29-19;25-18(15-9-14-12-22-23-17(14)20-11-15)21-10-13-1-3-16(4-2-13)28(26,27)24-7-5-19-6-8-24;10-8(11)6-3-5-1-2-9-4-7(5)12-6/h1-2,7-11,13,16-17,25H,3-6,12,22H2,(H,24,26);1-4,9,11-12,19H,5-8,10H2,(H,21,25)(H,20,22,23);1-4H,(H,10,11). The Kier molecular flexibility index (Phi) is 15.7. The number of carbonyl (C=O) groups is 3. The van der Waals surface area contributed by atoms with E-state index in [2.05, 4.69) is 45.8 Å². The molecule has 1 aliphatic carbocycles. The Labute approximate surface area is 406 Å². The van der Waals surface area contributed by atoms with Crippen LogP contribution < -0.4 is 26.4 Å². The van der Waals surface area contributed by atoms with E-state index >= 15 is 0 Å². The number of H-pyrrole nitrogens is 1. The molecule has 1 aliphatic heterocycles. The van der Waals surface area contributed by atoms with Gasteiger partial charge in [-0.25, -0.2) is 31.3 Å². The van der Waals surface area contributed by atoms with Crippen LogP contribution in [0.15, 0.2) is 130 Å². The monoisotopic (exact) mass is 1010 g/mol. The molecule has 364 valence electrons. The number of carbonyl (C=O) groups excluding carboxylic acids is 2. The number of piperazine rings is 1. The van der Waals surface area contributed by atoms with Gasteiger partial charge in [0.25, 0.3) is 11.8 Å². The van der Waals surface area contributed by atoms with Gasteiger partial charge < -0.3 is 31.2 Å². The number of fused-ring (bicyclic) bond motifs is 3. The lowest BCUT2D eigenvalue weighted by atomic mass is 9.93. The molecule has 8 aromatic rings. The summed E-state index contributed by atoms with van der Waals surface area (Å²) in [4.78, 5) is 48.3. The van der Waals surface area contributed by atoms with E-state index in [0.717, 1.165) is 57.7 Å². The number of thiophene rings is 1. The fourth-order valence-electron chi connectivity index (χ4n) is 7.62. The predicted octanol–water partition coefficient (Wildman–Crippen LogP) is 4.78. The summed E-state index contributed by atoms with van der Waals surface area (Å²) in [6, 6.07) is 21.9. The smallest absolute Gasteiger partial charge is 0.371 e. The van der Waals surface area contributed by atoms with E-state index in [0.29, 0.717) is 54.4 Å². The molecule has 0 bridgehead atoms. The molecule has 7 heterocycles. The molecule has 2 fully saturated rings. The lowest BCUT2D eigenvalue weighted by molar-refractivity contribution is 0.0664. The summed E-state index contributed by atoms with van der Waals surface area (Å²) in [6.07, 6.45) is 12.8. The minimum absolute atomic E-state index is 0.0574. The van der Waals surface area contributed by atoms with Crippen LogP contribution in [-0.4, -0.2) is 107 Å². The van der Waals surface area contributed by atoms with Crippen molar-refractivity contribution in [2.24, 2.45) is 5.73 Å². The van der Waals surface area contributed by atoms with E-state index < -0.39 is 26.0 Å². The topological polar surface area (TPSA) is 298 Å². The molecular weight excluding hydrogens is 959 g/mol. The van der Waals surface area contributed by atoms with Crippen LogP contribution >= 0.6 is 11.3 Å². The van der Waals surface area contributed by atoms with Crippen LogP contribution in [0.3, 0.4) is 0 Å². The first-order valence-electron chi connectivity index (χ1n) is 22.1. The number of carboxylic acid groups (broad SMARTS) is 1. The minimum Gasteiger partial charge on any atom is -0.475 e. The fraction of sp³-hybridized carbons (Fsp3) is 0.255. The number of nitrogens with zero attached hydrogens (tertiary/aromatic N) is 5. The van der Waals surface area contributed by atoms with Crippen LogP contribution in [0.25, 0.3) is 32.1 Å². The maximum Gasteiger partial charge on any atom is 0.371 e. The Hall–Kier alpha value is -6.99. The zero-order chi connectivity index (χ0) is 49.3. The number of rotatable bonds is 12. The van der Waals surface area contributed by atoms with E-state index in [9.17, 15) is 31.2 Å². The Morgan fingerprint density at radius 2 is 1.40 bits per heavy atom. The molecule has 0 unspecified atom stereocenters. The number of amides is 2. The number of furan rings is 1. The van der Waals surface area contributed by atoms with Crippen molar-refractivity contribution in [2.45, 2.75) is 60.6 Å². The summed E-state index contributed by atoms with van der Waals surface area (Å²) in [5, 5.41) is 26.5. The molecule has 0 radical (unpaired) electrons. The van der Waals surface area contributed by atoms with Crippen molar-refractivity contribution in [3.63, 3.8) is 0 Å². The minimum atomic E-state index is -3.57. The Morgan fingerprint density at radius 1 is 0.757 bits per heavy atom. The normalized spacial score (nSPS) is 16.4.